The van der Waals surface area contributed by atoms with E-state index in [2.05, 4.69) is 20.8 Å². The lowest BCUT2D eigenvalue weighted by molar-refractivity contribution is -0.115. The smallest absolute Gasteiger partial charge is 0.248 e. The number of aromatic nitrogens is 4. The molecular formula is C20H19FN6O3. The van der Waals surface area contributed by atoms with Gasteiger partial charge in [0.05, 0.1) is 12.7 Å². The number of hydrogen-bond acceptors (Lipinski definition) is 7. The number of rotatable bonds is 6. The monoisotopic (exact) mass is 410 g/mol. The minimum atomic E-state index is -0.636. The molecule has 3 aromatic rings. The predicted molar refractivity (Wildman–Crippen MR) is 105 cm³/mol. The number of tetrazole rings is 1. The quantitative estimate of drug-likeness (QED) is 0.640. The number of carbonyl (C=O) groups is 1. The third-order valence-corrected chi connectivity index (χ3v) is 4.82. The number of benzene rings is 2. The fraction of sp³-hybridized carbons (Fsp3) is 0.200. The van der Waals surface area contributed by atoms with Gasteiger partial charge in [-0.1, -0.05) is 29.4 Å². The number of nitrogens with zero attached hydrogens (tertiary/aromatic N) is 4. The van der Waals surface area contributed by atoms with Crippen LogP contribution in [-0.2, 0) is 11.4 Å². The normalized spacial score (nSPS) is 15.4. The molecule has 10 heteroatoms. The number of nitrogens with two attached hydrogens (primary N) is 1. The molecule has 0 saturated heterocycles. The van der Waals surface area contributed by atoms with Crippen LogP contribution < -0.4 is 20.5 Å². The van der Waals surface area contributed by atoms with Gasteiger partial charge in [-0.2, -0.15) is 4.68 Å². The summed E-state index contributed by atoms with van der Waals surface area (Å²) >= 11 is 0. The van der Waals surface area contributed by atoms with E-state index >= 15 is 0 Å². The van der Waals surface area contributed by atoms with Crippen molar-refractivity contribution in [3.05, 3.63) is 70.7 Å². The molecule has 1 aromatic heterocycles. The van der Waals surface area contributed by atoms with Crippen LogP contribution in [-0.4, -0.2) is 33.2 Å². The average Bonchev–Trinajstić information content (AvgIpc) is 3.20. The summed E-state index contributed by atoms with van der Waals surface area (Å²) in [7, 11) is 1.50. The van der Waals surface area contributed by atoms with Crippen molar-refractivity contribution in [2.24, 2.45) is 5.73 Å². The van der Waals surface area contributed by atoms with Crippen molar-refractivity contribution in [2.45, 2.75) is 19.6 Å². The molecule has 2 heterocycles. The highest BCUT2D eigenvalue weighted by atomic mass is 19.1. The van der Waals surface area contributed by atoms with Crippen LogP contribution in [0.4, 0.5) is 10.3 Å². The third kappa shape index (κ3) is 3.43. The van der Waals surface area contributed by atoms with Gasteiger partial charge in [0.15, 0.2) is 11.5 Å². The Morgan fingerprint density at radius 3 is 2.80 bits per heavy atom. The van der Waals surface area contributed by atoms with Crippen molar-refractivity contribution in [3.63, 3.8) is 0 Å². The van der Waals surface area contributed by atoms with E-state index in [4.69, 9.17) is 15.2 Å². The first kappa shape index (κ1) is 19.4. The molecule has 1 aliphatic heterocycles. The molecule has 9 nitrogen and oxygen atoms in total. The number of allylic oxidation sites excluding steroid dienone is 1. The van der Waals surface area contributed by atoms with Gasteiger partial charge in [0.25, 0.3) is 0 Å². The predicted octanol–water partition coefficient (Wildman–Crippen LogP) is 2.17. The molecule has 2 aromatic carbocycles. The molecule has 0 saturated carbocycles. The van der Waals surface area contributed by atoms with Crippen molar-refractivity contribution >= 4 is 11.9 Å². The Bertz CT molecular complexity index is 1140. The first-order chi connectivity index (χ1) is 14.5. The standard InChI is InChI=1S/C20H19FN6O3/c1-11-17(19(22)28)18(27-20(23-11)24-25-26-27)12-7-8-15(16(9-12)29-2)30-10-13-5-3-4-6-14(13)21/h3-9,18H,10H2,1-2H3,(H2,22,28)(H,23,24,26)/t18-/m1/s1. The van der Waals surface area contributed by atoms with Crippen molar-refractivity contribution < 1.29 is 18.7 Å². The van der Waals surface area contributed by atoms with E-state index in [0.717, 1.165) is 0 Å². The van der Waals surface area contributed by atoms with E-state index in [9.17, 15) is 9.18 Å². The maximum absolute atomic E-state index is 13.9. The van der Waals surface area contributed by atoms with E-state index in [1.54, 1.807) is 43.3 Å². The van der Waals surface area contributed by atoms with Gasteiger partial charge < -0.3 is 20.5 Å². The molecule has 154 valence electrons. The molecule has 1 amide bonds. The van der Waals surface area contributed by atoms with E-state index < -0.39 is 11.9 Å². The molecule has 4 rings (SSSR count). The summed E-state index contributed by atoms with van der Waals surface area (Å²) < 4.78 is 26.6. The van der Waals surface area contributed by atoms with Crippen LogP contribution in [0.25, 0.3) is 0 Å². The van der Waals surface area contributed by atoms with Crippen molar-refractivity contribution in [1.82, 2.24) is 20.2 Å². The Labute approximate surface area is 171 Å². The van der Waals surface area contributed by atoms with Crippen LogP contribution in [0.1, 0.15) is 24.1 Å². The van der Waals surface area contributed by atoms with E-state index in [-0.39, 0.29) is 12.4 Å². The van der Waals surface area contributed by atoms with Gasteiger partial charge in [0.2, 0.25) is 11.9 Å². The Hall–Kier alpha value is -3.95. The fourth-order valence-electron chi connectivity index (χ4n) is 3.38. The molecule has 0 spiro atoms. The van der Waals surface area contributed by atoms with Gasteiger partial charge in [0, 0.05) is 11.3 Å². The SMILES string of the molecule is COc1cc([C@@H]2C(C(N)=O)=C(C)Nc3nnnn32)ccc1OCc1ccccc1F. The average molecular weight is 410 g/mol. The van der Waals surface area contributed by atoms with E-state index in [0.29, 0.717) is 39.8 Å². The molecule has 1 atom stereocenters. The third-order valence-electron chi connectivity index (χ3n) is 4.82. The molecule has 0 unspecified atom stereocenters. The minimum absolute atomic E-state index is 0.0401. The summed E-state index contributed by atoms with van der Waals surface area (Å²) in [6.07, 6.45) is 0. The summed E-state index contributed by atoms with van der Waals surface area (Å²) in [6.45, 7) is 1.77. The lowest BCUT2D eigenvalue weighted by atomic mass is 9.95. The summed E-state index contributed by atoms with van der Waals surface area (Å²) in [6, 6.07) is 10.9. The van der Waals surface area contributed by atoms with Gasteiger partial charge >= 0.3 is 0 Å². The number of nitrogens with one attached hydrogen (secondary N) is 1. The highest BCUT2D eigenvalue weighted by Gasteiger charge is 2.33. The minimum Gasteiger partial charge on any atom is -0.493 e. The molecule has 0 radical (unpaired) electrons. The molecule has 0 aliphatic carbocycles. The van der Waals surface area contributed by atoms with Gasteiger partial charge in [-0.25, -0.2) is 4.39 Å². The molecule has 0 fully saturated rings. The first-order valence-electron chi connectivity index (χ1n) is 9.09. The largest absolute Gasteiger partial charge is 0.493 e. The number of hydrogen-bond donors (Lipinski definition) is 2. The number of methoxy groups -OCH3 is 1. The Morgan fingerprint density at radius 1 is 1.27 bits per heavy atom. The van der Waals surface area contributed by atoms with Gasteiger partial charge in [-0.3, -0.25) is 4.79 Å². The van der Waals surface area contributed by atoms with Crippen molar-refractivity contribution in [1.29, 1.82) is 0 Å². The number of halogens is 1. The lowest BCUT2D eigenvalue weighted by Gasteiger charge is -2.27. The molecule has 0 bridgehead atoms. The number of fused-ring (bicyclic) bond motifs is 1. The second kappa shape index (κ2) is 7.82. The van der Waals surface area contributed by atoms with Crippen LogP contribution in [0.15, 0.2) is 53.7 Å². The molecule has 1 aliphatic rings. The highest BCUT2D eigenvalue weighted by molar-refractivity contribution is 5.95. The van der Waals surface area contributed by atoms with Crippen LogP contribution in [0.3, 0.4) is 0 Å². The maximum Gasteiger partial charge on any atom is 0.248 e. The summed E-state index contributed by atoms with van der Waals surface area (Å²) in [5.74, 6) is 0.294. The summed E-state index contributed by atoms with van der Waals surface area (Å²) in [4.78, 5) is 12.1. The van der Waals surface area contributed by atoms with Crippen LogP contribution in [0.5, 0.6) is 11.5 Å². The molecular weight excluding hydrogens is 391 g/mol. The first-order valence-corrected chi connectivity index (χ1v) is 9.09. The molecule has 30 heavy (non-hydrogen) atoms. The zero-order valence-corrected chi connectivity index (χ0v) is 16.3. The van der Waals surface area contributed by atoms with Gasteiger partial charge in [-0.05, 0) is 41.1 Å². The van der Waals surface area contributed by atoms with Crippen molar-refractivity contribution in [3.8, 4) is 11.5 Å². The second-order valence-corrected chi connectivity index (χ2v) is 6.67. The van der Waals surface area contributed by atoms with Gasteiger partial charge in [0.1, 0.15) is 18.5 Å². The number of carbonyl (C=O) groups excluding carboxylic acids is 1. The van der Waals surface area contributed by atoms with E-state index in [1.807, 2.05) is 0 Å². The van der Waals surface area contributed by atoms with Crippen LogP contribution in [0.2, 0.25) is 0 Å². The zero-order chi connectivity index (χ0) is 21.3. The van der Waals surface area contributed by atoms with E-state index in [1.165, 1.54) is 17.9 Å². The zero-order valence-electron chi connectivity index (χ0n) is 16.3. The fourth-order valence-corrected chi connectivity index (χ4v) is 3.38. The number of ether oxygens (including phenoxy) is 2. The maximum atomic E-state index is 13.9. The summed E-state index contributed by atoms with van der Waals surface area (Å²) in [5, 5.41) is 14.5. The second-order valence-electron chi connectivity index (χ2n) is 6.67. The van der Waals surface area contributed by atoms with Crippen LogP contribution >= 0.6 is 0 Å². The number of primary amides is 1. The summed E-state index contributed by atoms with van der Waals surface area (Å²) in [5.41, 5.74) is 7.62. The Kier molecular flexibility index (Phi) is 5.05. The lowest BCUT2D eigenvalue weighted by Crippen LogP contribution is -2.31. The highest BCUT2D eigenvalue weighted by Crippen LogP contribution is 2.38. The van der Waals surface area contributed by atoms with Crippen molar-refractivity contribution in [2.75, 3.05) is 12.4 Å². The van der Waals surface area contributed by atoms with Crippen LogP contribution in [0, 0.1) is 5.82 Å². The number of anilines is 1. The van der Waals surface area contributed by atoms with Gasteiger partial charge in [-0.15, -0.1) is 0 Å². The Balaban J connectivity index is 1.69. The molecule has 3 N–H and O–H groups in total. The Morgan fingerprint density at radius 2 is 2.07 bits per heavy atom. The number of amides is 1. The topological polar surface area (TPSA) is 117 Å².